The summed E-state index contributed by atoms with van der Waals surface area (Å²) in [5.74, 6) is 0.972. The molecule has 0 aliphatic carbocycles. The SMILES string of the molecule is Cc1[c]ccc(OCCCN2CCCCC2)c1. The predicted octanol–water partition coefficient (Wildman–Crippen LogP) is 3.05. The van der Waals surface area contributed by atoms with Crippen LogP contribution in [0.15, 0.2) is 18.2 Å². The fraction of sp³-hybridized carbons (Fsp3) is 0.600. The van der Waals surface area contributed by atoms with Gasteiger partial charge in [-0.05, 0) is 63.0 Å². The Morgan fingerprint density at radius 1 is 1.29 bits per heavy atom. The first-order chi connectivity index (χ1) is 8.34. The van der Waals surface area contributed by atoms with Gasteiger partial charge in [0.1, 0.15) is 5.75 Å². The summed E-state index contributed by atoms with van der Waals surface area (Å²) in [6, 6.07) is 9.07. The second-order valence-electron chi connectivity index (χ2n) is 4.81. The van der Waals surface area contributed by atoms with Crippen molar-refractivity contribution in [2.75, 3.05) is 26.2 Å². The van der Waals surface area contributed by atoms with E-state index in [4.69, 9.17) is 4.74 Å². The zero-order chi connectivity index (χ0) is 11.9. The summed E-state index contributed by atoms with van der Waals surface area (Å²) in [7, 11) is 0. The lowest BCUT2D eigenvalue weighted by Gasteiger charge is -2.26. The Labute approximate surface area is 105 Å². The van der Waals surface area contributed by atoms with Crippen molar-refractivity contribution in [1.29, 1.82) is 0 Å². The number of benzene rings is 1. The summed E-state index contributed by atoms with van der Waals surface area (Å²) < 4.78 is 5.73. The molecule has 2 rings (SSSR count). The fourth-order valence-corrected chi connectivity index (χ4v) is 2.31. The molecule has 0 aromatic heterocycles. The molecule has 1 aromatic rings. The first-order valence-corrected chi connectivity index (χ1v) is 6.68. The van der Waals surface area contributed by atoms with Gasteiger partial charge < -0.3 is 9.64 Å². The van der Waals surface area contributed by atoms with E-state index < -0.39 is 0 Å². The highest BCUT2D eigenvalue weighted by Gasteiger charge is 2.08. The Kier molecular flexibility index (Phi) is 4.87. The molecule has 93 valence electrons. The highest BCUT2D eigenvalue weighted by Crippen LogP contribution is 2.13. The third kappa shape index (κ3) is 4.39. The normalized spacial score (nSPS) is 17.0. The number of aryl methyl sites for hydroxylation is 1. The molecule has 17 heavy (non-hydrogen) atoms. The molecular formula is C15H22NO. The van der Waals surface area contributed by atoms with Crippen LogP contribution in [0.3, 0.4) is 0 Å². The number of ether oxygens (including phenoxy) is 1. The van der Waals surface area contributed by atoms with Crippen molar-refractivity contribution in [3.8, 4) is 5.75 Å². The van der Waals surface area contributed by atoms with Crippen LogP contribution in [0.25, 0.3) is 0 Å². The highest BCUT2D eigenvalue weighted by atomic mass is 16.5. The van der Waals surface area contributed by atoms with Crippen molar-refractivity contribution in [3.05, 3.63) is 29.8 Å². The van der Waals surface area contributed by atoms with Gasteiger partial charge in [0, 0.05) is 6.54 Å². The topological polar surface area (TPSA) is 12.5 Å². The Hall–Kier alpha value is -1.02. The van der Waals surface area contributed by atoms with E-state index in [1.807, 2.05) is 25.1 Å². The molecule has 1 heterocycles. The molecule has 0 bridgehead atoms. The van der Waals surface area contributed by atoms with Crippen molar-refractivity contribution in [2.45, 2.75) is 32.6 Å². The maximum Gasteiger partial charge on any atom is 0.119 e. The van der Waals surface area contributed by atoms with Crippen LogP contribution >= 0.6 is 0 Å². The average Bonchev–Trinajstić information content (AvgIpc) is 2.36. The van der Waals surface area contributed by atoms with Crippen LogP contribution in [0, 0.1) is 13.0 Å². The summed E-state index contributed by atoms with van der Waals surface area (Å²) in [4.78, 5) is 2.55. The molecule has 1 saturated heterocycles. The number of hydrogen-bond donors (Lipinski definition) is 0. The summed E-state index contributed by atoms with van der Waals surface area (Å²) in [5.41, 5.74) is 1.14. The minimum Gasteiger partial charge on any atom is -0.494 e. The van der Waals surface area contributed by atoms with Crippen molar-refractivity contribution in [1.82, 2.24) is 4.90 Å². The van der Waals surface area contributed by atoms with Gasteiger partial charge in [-0.1, -0.05) is 12.5 Å². The van der Waals surface area contributed by atoms with E-state index >= 15 is 0 Å². The number of piperidine rings is 1. The van der Waals surface area contributed by atoms with Crippen LogP contribution in [0.1, 0.15) is 31.2 Å². The fourth-order valence-electron chi connectivity index (χ4n) is 2.31. The summed E-state index contributed by atoms with van der Waals surface area (Å²) in [6.45, 7) is 6.59. The van der Waals surface area contributed by atoms with Gasteiger partial charge in [0.25, 0.3) is 0 Å². The largest absolute Gasteiger partial charge is 0.494 e. The van der Waals surface area contributed by atoms with Crippen molar-refractivity contribution >= 4 is 0 Å². The smallest absolute Gasteiger partial charge is 0.119 e. The van der Waals surface area contributed by atoms with Crippen LogP contribution in [0.4, 0.5) is 0 Å². The molecule has 0 amide bonds. The van der Waals surface area contributed by atoms with Gasteiger partial charge >= 0.3 is 0 Å². The molecule has 0 atom stereocenters. The molecule has 1 aliphatic heterocycles. The minimum atomic E-state index is 0.819. The van der Waals surface area contributed by atoms with Crippen molar-refractivity contribution < 1.29 is 4.74 Å². The molecule has 1 aromatic carbocycles. The van der Waals surface area contributed by atoms with Crippen LogP contribution in [0.2, 0.25) is 0 Å². The standard InChI is InChI=1S/C15H22NO/c1-14-7-5-8-15(13-14)17-12-6-11-16-9-3-2-4-10-16/h5,8,13H,2-4,6,9-12H2,1H3. The minimum absolute atomic E-state index is 0.819. The third-order valence-corrected chi connectivity index (χ3v) is 3.25. The second kappa shape index (κ2) is 6.65. The Bertz CT molecular complexity index is 331. The molecule has 1 fully saturated rings. The summed E-state index contributed by atoms with van der Waals surface area (Å²) in [6.07, 6.45) is 5.27. The van der Waals surface area contributed by atoms with Crippen LogP contribution < -0.4 is 4.74 Å². The maximum atomic E-state index is 5.73. The number of nitrogens with zero attached hydrogens (tertiary/aromatic N) is 1. The molecule has 2 nitrogen and oxygen atoms in total. The Morgan fingerprint density at radius 3 is 2.88 bits per heavy atom. The number of likely N-dealkylation sites (tertiary alicyclic amines) is 1. The van der Waals surface area contributed by atoms with Gasteiger partial charge in [0.2, 0.25) is 0 Å². The third-order valence-electron chi connectivity index (χ3n) is 3.25. The van der Waals surface area contributed by atoms with Gasteiger partial charge in [-0.2, -0.15) is 0 Å². The molecular weight excluding hydrogens is 210 g/mol. The van der Waals surface area contributed by atoms with Crippen LogP contribution in [0.5, 0.6) is 5.75 Å². The lowest BCUT2D eigenvalue weighted by Crippen LogP contribution is -2.31. The van der Waals surface area contributed by atoms with E-state index in [9.17, 15) is 0 Å². The van der Waals surface area contributed by atoms with Crippen LogP contribution in [-0.2, 0) is 0 Å². The monoisotopic (exact) mass is 232 g/mol. The predicted molar refractivity (Wildman–Crippen MR) is 70.4 cm³/mol. The summed E-state index contributed by atoms with van der Waals surface area (Å²) in [5, 5.41) is 0. The van der Waals surface area contributed by atoms with E-state index in [-0.39, 0.29) is 0 Å². The lowest BCUT2D eigenvalue weighted by molar-refractivity contribution is 0.205. The van der Waals surface area contributed by atoms with Crippen LogP contribution in [-0.4, -0.2) is 31.1 Å². The Morgan fingerprint density at radius 2 is 2.12 bits per heavy atom. The first kappa shape index (κ1) is 12.4. The van der Waals surface area contributed by atoms with Gasteiger partial charge in [-0.3, -0.25) is 0 Å². The highest BCUT2D eigenvalue weighted by molar-refractivity contribution is 5.26. The van der Waals surface area contributed by atoms with E-state index in [0.717, 1.165) is 24.3 Å². The molecule has 0 unspecified atom stereocenters. The molecule has 1 radical (unpaired) electrons. The number of hydrogen-bond acceptors (Lipinski definition) is 2. The Balaban J connectivity index is 1.62. The van der Waals surface area contributed by atoms with Gasteiger partial charge in [0.05, 0.1) is 6.61 Å². The van der Waals surface area contributed by atoms with Crippen molar-refractivity contribution in [3.63, 3.8) is 0 Å². The van der Waals surface area contributed by atoms with E-state index in [1.54, 1.807) is 0 Å². The molecule has 2 heteroatoms. The zero-order valence-corrected chi connectivity index (χ0v) is 10.7. The van der Waals surface area contributed by atoms with Gasteiger partial charge in [-0.25, -0.2) is 0 Å². The van der Waals surface area contributed by atoms with Gasteiger partial charge in [0.15, 0.2) is 0 Å². The van der Waals surface area contributed by atoms with Crippen molar-refractivity contribution in [2.24, 2.45) is 0 Å². The molecule has 0 saturated carbocycles. The average molecular weight is 232 g/mol. The first-order valence-electron chi connectivity index (χ1n) is 6.68. The molecule has 1 aliphatic rings. The zero-order valence-electron chi connectivity index (χ0n) is 10.7. The van der Waals surface area contributed by atoms with Gasteiger partial charge in [-0.15, -0.1) is 0 Å². The molecule has 0 spiro atoms. The number of rotatable bonds is 5. The quantitative estimate of drug-likeness (QED) is 0.723. The lowest BCUT2D eigenvalue weighted by atomic mass is 10.1. The van der Waals surface area contributed by atoms with E-state index in [0.29, 0.717) is 0 Å². The summed E-state index contributed by atoms with van der Waals surface area (Å²) >= 11 is 0. The van der Waals surface area contributed by atoms with E-state index in [1.165, 1.54) is 38.9 Å². The maximum absolute atomic E-state index is 5.73. The van der Waals surface area contributed by atoms with E-state index in [2.05, 4.69) is 11.0 Å². The second-order valence-corrected chi connectivity index (χ2v) is 4.81. The molecule has 0 N–H and O–H groups in total.